The monoisotopic (exact) mass is 249 g/mol. The summed E-state index contributed by atoms with van der Waals surface area (Å²) in [4.78, 5) is 0. The quantitative estimate of drug-likeness (QED) is 0.746. The summed E-state index contributed by atoms with van der Waals surface area (Å²) in [5.41, 5.74) is 1.29. The van der Waals surface area contributed by atoms with E-state index in [2.05, 4.69) is 44.3 Å². The van der Waals surface area contributed by atoms with Crippen molar-refractivity contribution in [2.75, 3.05) is 13.7 Å². The van der Waals surface area contributed by atoms with E-state index in [1.807, 2.05) is 6.07 Å². The zero-order chi connectivity index (χ0) is 13.4. The molecule has 2 nitrogen and oxygen atoms in total. The summed E-state index contributed by atoms with van der Waals surface area (Å²) in [5, 5.41) is 3.66. The van der Waals surface area contributed by atoms with Gasteiger partial charge in [0.2, 0.25) is 0 Å². The first-order chi connectivity index (χ1) is 8.74. The lowest BCUT2D eigenvalue weighted by atomic mass is 9.90. The molecule has 18 heavy (non-hydrogen) atoms. The molecule has 1 rings (SSSR count). The Morgan fingerprint density at radius 2 is 1.89 bits per heavy atom. The van der Waals surface area contributed by atoms with Crippen LogP contribution in [0.4, 0.5) is 0 Å². The second-order valence-electron chi connectivity index (χ2n) is 4.94. The molecule has 102 valence electrons. The molecule has 0 saturated heterocycles. The molecule has 0 fully saturated rings. The Labute approximate surface area is 112 Å². The van der Waals surface area contributed by atoms with Gasteiger partial charge in [0.25, 0.3) is 0 Å². The lowest BCUT2D eigenvalue weighted by Gasteiger charge is -2.27. The maximum absolute atomic E-state index is 5.49. The van der Waals surface area contributed by atoms with E-state index >= 15 is 0 Å². The van der Waals surface area contributed by atoms with Crippen LogP contribution in [0.25, 0.3) is 0 Å². The highest BCUT2D eigenvalue weighted by molar-refractivity contribution is 5.36. The van der Waals surface area contributed by atoms with Crippen LogP contribution >= 0.6 is 0 Å². The second-order valence-corrected chi connectivity index (χ2v) is 4.94. The van der Waals surface area contributed by atoms with E-state index in [1.54, 1.807) is 7.11 Å². The molecule has 0 bridgehead atoms. The molecule has 0 saturated carbocycles. The van der Waals surface area contributed by atoms with E-state index < -0.39 is 0 Å². The van der Waals surface area contributed by atoms with Crippen molar-refractivity contribution in [2.45, 2.75) is 46.1 Å². The van der Waals surface area contributed by atoms with Crippen molar-refractivity contribution in [1.82, 2.24) is 5.32 Å². The predicted octanol–water partition coefficient (Wildman–Crippen LogP) is 4.17. The molecule has 0 radical (unpaired) electrons. The number of hydrogen-bond donors (Lipinski definition) is 1. The van der Waals surface area contributed by atoms with Gasteiger partial charge in [0.05, 0.1) is 7.11 Å². The van der Waals surface area contributed by atoms with Crippen molar-refractivity contribution in [3.8, 4) is 5.75 Å². The number of methoxy groups -OCH3 is 1. The number of hydrogen-bond acceptors (Lipinski definition) is 2. The van der Waals surface area contributed by atoms with Crippen molar-refractivity contribution in [2.24, 2.45) is 5.92 Å². The number of rotatable bonds is 8. The van der Waals surface area contributed by atoms with Crippen LogP contribution in [0.3, 0.4) is 0 Å². The Kier molecular flexibility index (Phi) is 6.81. The van der Waals surface area contributed by atoms with Gasteiger partial charge in [-0.25, -0.2) is 0 Å². The van der Waals surface area contributed by atoms with Gasteiger partial charge in [0.1, 0.15) is 5.75 Å². The normalized spacial score (nSPS) is 14.2. The lowest BCUT2D eigenvalue weighted by molar-refractivity contribution is 0.342. The standard InChI is InChI=1S/C16H27NO/c1-5-9-13(3)16(17-12-6-2)14-10-7-8-11-15(14)18-4/h7-8,10-11,13,16-17H,5-6,9,12H2,1-4H3. The Morgan fingerprint density at radius 1 is 1.17 bits per heavy atom. The van der Waals surface area contributed by atoms with E-state index in [0.29, 0.717) is 12.0 Å². The number of para-hydroxylation sites is 1. The molecular formula is C16H27NO. The maximum atomic E-state index is 5.49. The number of nitrogens with one attached hydrogen (secondary N) is 1. The van der Waals surface area contributed by atoms with Crippen molar-refractivity contribution in [3.63, 3.8) is 0 Å². The van der Waals surface area contributed by atoms with Crippen LogP contribution in [-0.2, 0) is 0 Å². The molecule has 2 heteroatoms. The Bertz CT molecular complexity index is 338. The molecule has 0 aromatic heterocycles. The second kappa shape index (κ2) is 8.15. The van der Waals surface area contributed by atoms with Crippen molar-refractivity contribution in [3.05, 3.63) is 29.8 Å². The van der Waals surface area contributed by atoms with E-state index in [9.17, 15) is 0 Å². The molecule has 0 spiro atoms. The van der Waals surface area contributed by atoms with Crippen LogP contribution in [0.5, 0.6) is 5.75 Å². The third kappa shape index (κ3) is 4.02. The molecular weight excluding hydrogens is 222 g/mol. The van der Waals surface area contributed by atoms with Gasteiger partial charge in [-0.05, 0) is 31.4 Å². The summed E-state index contributed by atoms with van der Waals surface area (Å²) in [7, 11) is 1.75. The fourth-order valence-electron chi connectivity index (χ4n) is 2.46. The molecule has 0 aliphatic heterocycles. The first-order valence-electron chi connectivity index (χ1n) is 7.10. The molecule has 0 heterocycles. The van der Waals surface area contributed by atoms with E-state index in [1.165, 1.54) is 18.4 Å². The topological polar surface area (TPSA) is 21.3 Å². The van der Waals surface area contributed by atoms with Gasteiger partial charge in [0, 0.05) is 11.6 Å². The van der Waals surface area contributed by atoms with Crippen LogP contribution in [0.15, 0.2) is 24.3 Å². The molecule has 1 aromatic rings. The molecule has 0 aliphatic carbocycles. The average Bonchev–Trinajstić information content (AvgIpc) is 2.40. The van der Waals surface area contributed by atoms with Gasteiger partial charge in [-0.3, -0.25) is 0 Å². The fourth-order valence-corrected chi connectivity index (χ4v) is 2.46. The highest BCUT2D eigenvalue weighted by Gasteiger charge is 2.20. The van der Waals surface area contributed by atoms with Gasteiger partial charge in [-0.1, -0.05) is 45.4 Å². The predicted molar refractivity (Wildman–Crippen MR) is 78.1 cm³/mol. The van der Waals surface area contributed by atoms with Crippen LogP contribution in [-0.4, -0.2) is 13.7 Å². The summed E-state index contributed by atoms with van der Waals surface area (Å²) in [6.07, 6.45) is 3.62. The van der Waals surface area contributed by atoms with Gasteiger partial charge in [-0.2, -0.15) is 0 Å². The Hall–Kier alpha value is -1.02. The minimum atomic E-state index is 0.390. The van der Waals surface area contributed by atoms with Gasteiger partial charge >= 0.3 is 0 Å². The number of ether oxygens (including phenoxy) is 1. The van der Waals surface area contributed by atoms with Crippen molar-refractivity contribution >= 4 is 0 Å². The summed E-state index contributed by atoms with van der Waals surface area (Å²) >= 11 is 0. The minimum Gasteiger partial charge on any atom is -0.496 e. The van der Waals surface area contributed by atoms with E-state index in [4.69, 9.17) is 4.74 Å². The first-order valence-corrected chi connectivity index (χ1v) is 7.10. The maximum Gasteiger partial charge on any atom is 0.123 e. The lowest BCUT2D eigenvalue weighted by Crippen LogP contribution is -2.28. The van der Waals surface area contributed by atoms with Gasteiger partial charge in [0.15, 0.2) is 0 Å². The third-order valence-corrected chi connectivity index (χ3v) is 3.40. The summed E-state index contributed by atoms with van der Waals surface area (Å²) in [6.45, 7) is 7.83. The average molecular weight is 249 g/mol. The van der Waals surface area contributed by atoms with Gasteiger partial charge < -0.3 is 10.1 Å². The van der Waals surface area contributed by atoms with Crippen molar-refractivity contribution < 1.29 is 4.74 Å². The molecule has 1 N–H and O–H groups in total. The third-order valence-electron chi connectivity index (χ3n) is 3.40. The first kappa shape index (κ1) is 15.0. The van der Waals surface area contributed by atoms with Gasteiger partial charge in [-0.15, -0.1) is 0 Å². The van der Waals surface area contributed by atoms with Crippen LogP contribution in [0.2, 0.25) is 0 Å². The minimum absolute atomic E-state index is 0.390. The molecule has 1 aromatic carbocycles. The molecule has 2 atom stereocenters. The largest absolute Gasteiger partial charge is 0.496 e. The molecule has 0 amide bonds. The number of benzene rings is 1. The van der Waals surface area contributed by atoms with Crippen LogP contribution < -0.4 is 10.1 Å². The molecule has 0 aliphatic rings. The van der Waals surface area contributed by atoms with Crippen molar-refractivity contribution in [1.29, 1.82) is 0 Å². The van der Waals surface area contributed by atoms with Crippen LogP contribution in [0, 0.1) is 5.92 Å². The highest BCUT2D eigenvalue weighted by atomic mass is 16.5. The van der Waals surface area contributed by atoms with E-state index in [-0.39, 0.29) is 0 Å². The van der Waals surface area contributed by atoms with E-state index in [0.717, 1.165) is 18.7 Å². The summed E-state index contributed by atoms with van der Waals surface area (Å²) in [5.74, 6) is 1.62. The molecule has 2 unspecified atom stereocenters. The zero-order valence-electron chi connectivity index (χ0n) is 12.2. The highest BCUT2D eigenvalue weighted by Crippen LogP contribution is 2.31. The summed E-state index contributed by atoms with van der Waals surface area (Å²) < 4.78 is 5.49. The van der Waals surface area contributed by atoms with Crippen LogP contribution in [0.1, 0.15) is 51.6 Å². The smallest absolute Gasteiger partial charge is 0.123 e. The SMILES string of the molecule is CCCNC(c1ccccc1OC)C(C)CCC. The summed E-state index contributed by atoms with van der Waals surface area (Å²) in [6, 6.07) is 8.74. The zero-order valence-corrected chi connectivity index (χ0v) is 12.2. The Balaban J connectivity index is 2.92. The fraction of sp³-hybridized carbons (Fsp3) is 0.625. The Morgan fingerprint density at radius 3 is 2.50 bits per heavy atom.